The summed E-state index contributed by atoms with van der Waals surface area (Å²) in [6.07, 6.45) is 0. The number of aromatic nitrogens is 4. The second-order valence-electron chi connectivity index (χ2n) is 4.93. The second-order valence-corrected chi connectivity index (χ2v) is 4.93. The van der Waals surface area contributed by atoms with Crippen molar-refractivity contribution in [1.29, 1.82) is 0 Å². The lowest BCUT2D eigenvalue weighted by molar-refractivity contribution is -0.384. The number of non-ortho nitro benzene ring substituents is 1. The fourth-order valence-electron chi connectivity index (χ4n) is 2.01. The van der Waals surface area contributed by atoms with E-state index in [1.165, 1.54) is 22.5 Å². The first-order valence-electron chi connectivity index (χ1n) is 6.70. The number of hydrogen-bond donors (Lipinski definition) is 0. The first kappa shape index (κ1) is 13.9. The Labute approximate surface area is 126 Å². The van der Waals surface area contributed by atoms with Crippen LogP contribution in [0.5, 0.6) is 0 Å². The van der Waals surface area contributed by atoms with Gasteiger partial charge in [0.2, 0.25) is 5.82 Å². The Bertz CT molecular complexity index is 794. The molecule has 0 atom stereocenters. The summed E-state index contributed by atoms with van der Waals surface area (Å²) in [4.78, 5) is 11.7. The molecule has 0 aliphatic rings. The average Bonchev–Trinajstić information content (AvgIpc) is 2.97. The topological polar surface area (TPSA) is 86.7 Å². The number of rotatable bonds is 4. The highest BCUT2D eigenvalue weighted by Crippen LogP contribution is 2.15. The van der Waals surface area contributed by atoms with Crippen molar-refractivity contribution in [2.45, 2.75) is 13.5 Å². The summed E-state index contributed by atoms with van der Waals surface area (Å²) in [5, 5.41) is 23.0. The van der Waals surface area contributed by atoms with Gasteiger partial charge in [-0.1, -0.05) is 42.0 Å². The minimum atomic E-state index is -0.424. The van der Waals surface area contributed by atoms with Crippen LogP contribution in [0, 0.1) is 17.0 Å². The van der Waals surface area contributed by atoms with Crippen molar-refractivity contribution in [3.63, 3.8) is 0 Å². The first-order valence-corrected chi connectivity index (χ1v) is 6.70. The monoisotopic (exact) mass is 295 g/mol. The van der Waals surface area contributed by atoms with Crippen molar-refractivity contribution in [2.24, 2.45) is 0 Å². The van der Waals surface area contributed by atoms with Gasteiger partial charge in [-0.3, -0.25) is 10.1 Å². The van der Waals surface area contributed by atoms with Crippen LogP contribution in [0.2, 0.25) is 0 Å². The highest BCUT2D eigenvalue weighted by atomic mass is 16.6. The number of tetrazole rings is 1. The van der Waals surface area contributed by atoms with Gasteiger partial charge in [0.05, 0.1) is 11.5 Å². The van der Waals surface area contributed by atoms with E-state index in [1.807, 2.05) is 31.2 Å². The Hall–Kier alpha value is -3.09. The lowest BCUT2D eigenvalue weighted by Gasteiger charge is -1.99. The molecule has 0 unspecified atom stereocenters. The van der Waals surface area contributed by atoms with Crippen LogP contribution in [-0.2, 0) is 6.54 Å². The van der Waals surface area contributed by atoms with Crippen molar-refractivity contribution < 1.29 is 4.92 Å². The Balaban J connectivity index is 1.76. The molecule has 0 aliphatic carbocycles. The molecule has 0 bridgehead atoms. The number of aryl methyl sites for hydroxylation is 1. The normalized spacial score (nSPS) is 10.6. The van der Waals surface area contributed by atoms with Gasteiger partial charge in [-0.25, -0.2) is 0 Å². The van der Waals surface area contributed by atoms with Crippen molar-refractivity contribution in [3.05, 3.63) is 69.8 Å². The highest BCUT2D eigenvalue weighted by molar-refractivity contribution is 5.54. The molecule has 2 aromatic carbocycles. The molecule has 3 aromatic rings. The summed E-state index contributed by atoms with van der Waals surface area (Å²) in [7, 11) is 0. The first-order chi connectivity index (χ1) is 10.6. The molecule has 0 fully saturated rings. The molecule has 1 aromatic heterocycles. The minimum absolute atomic E-state index is 0.0654. The SMILES string of the molecule is Cc1ccc(-c2nnn(Cc3ccc([N+](=O)[O-])cc3)n2)cc1. The van der Waals surface area contributed by atoms with Crippen LogP contribution in [0.1, 0.15) is 11.1 Å². The zero-order chi connectivity index (χ0) is 15.5. The van der Waals surface area contributed by atoms with Crippen molar-refractivity contribution >= 4 is 5.69 Å². The van der Waals surface area contributed by atoms with Gasteiger partial charge in [0.15, 0.2) is 0 Å². The van der Waals surface area contributed by atoms with Crippen molar-refractivity contribution in [2.75, 3.05) is 0 Å². The summed E-state index contributed by atoms with van der Waals surface area (Å²) >= 11 is 0. The quantitative estimate of drug-likeness (QED) is 0.545. The molecule has 3 rings (SSSR count). The maximum absolute atomic E-state index is 10.6. The molecule has 7 nitrogen and oxygen atoms in total. The van der Waals surface area contributed by atoms with Crippen LogP contribution < -0.4 is 0 Å². The molecule has 0 amide bonds. The van der Waals surface area contributed by atoms with E-state index in [0.717, 1.165) is 11.1 Å². The molecule has 0 spiro atoms. The van der Waals surface area contributed by atoms with Gasteiger partial charge in [-0.15, -0.1) is 10.2 Å². The molecule has 1 heterocycles. The van der Waals surface area contributed by atoms with Gasteiger partial charge in [0.1, 0.15) is 0 Å². The predicted molar refractivity (Wildman–Crippen MR) is 80.2 cm³/mol. The molecule has 110 valence electrons. The lowest BCUT2D eigenvalue weighted by Crippen LogP contribution is -2.04. The summed E-state index contributed by atoms with van der Waals surface area (Å²) in [6, 6.07) is 14.2. The third kappa shape index (κ3) is 2.98. The van der Waals surface area contributed by atoms with E-state index in [0.29, 0.717) is 12.4 Å². The van der Waals surface area contributed by atoms with Crippen molar-refractivity contribution in [1.82, 2.24) is 20.2 Å². The fourth-order valence-corrected chi connectivity index (χ4v) is 2.01. The Morgan fingerprint density at radius 2 is 1.77 bits per heavy atom. The number of nitro benzene ring substituents is 1. The Morgan fingerprint density at radius 3 is 2.41 bits per heavy atom. The van der Waals surface area contributed by atoms with Gasteiger partial charge >= 0.3 is 0 Å². The third-order valence-corrected chi connectivity index (χ3v) is 3.23. The minimum Gasteiger partial charge on any atom is -0.258 e. The zero-order valence-corrected chi connectivity index (χ0v) is 11.9. The largest absolute Gasteiger partial charge is 0.269 e. The van der Waals surface area contributed by atoms with E-state index in [1.54, 1.807) is 12.1 Å². The standard InChI is InChI=1S/C15H13N5O2/c1-11-2-6-13(7-3-11)15-16-18-19(17-15)10-12-4-8-14(9-5-12)20(21)22/h2-9H,10H2,1H3. The van der Waals surface area contributed by atoms with Gasteiger partial charge < -0.3 is 0 Å². The molecule has 0 radical (unpaired) electrons. The smallest absolute Gasteiger partial charge is 0.258 e. The molecule has 0 aliphatic heterocycles. The fraction of sp³-hybridized carbons (Fsp3) is 0.133. The number of benzene rings is 2. The molecule has 7 heteroatoms. The van der Waals surface area contributed by atoms with Gasteiger partial charge in [-0.2, -0.15) is 4.80 Å². The molecule has 0 saturated heterocycles. The maximum atomic E-state index is 10.6. The van der Waals surface area contributed by atoms with E-state index in [4.69, 9.17) is 0 Å². The summed E-state index contributed by atoms with van der Waals surface area (Å²) in [5.74, 6) is 0.557. The number of nitro groups is 1. The number of nitrogens with zero attached hydrogens (tertiary/aromatic N) is 5. The summed E-state index contributed by atoms with van der Waals surface area (Å²) in [5.41, 5.74) is 3.01. The van der Waals surface area contributed by atoms with Crippen LogP contribution in [-0.4, -0.2) is 25.1 Å². The predicted octanol–water partition coefficient (Wildman–Crippen LogP) is 2.61. The lowest BCUT2D eigenvalue weighted by atomic mass is 10.1. The van der Waals surface area contributed by atoms with Crippen LogP contribution in [0.15, 0.2) is 48.5 Å². The molecular weight excluding hydrogens is 282 g/mol. The highest BCUT2D eigenvalue weighted by Gasteiger charge is 2.08. The molecule has 22 heavy (non-hydrogen) atoms. The molecular formula is C15H13N5O2. The van der Waals surface area contributed by atoms with E-state index >= 15 is 0 Å². The number of hydrogen-bond acceptors (Lipinski definition) is 5. The van der Waals surface area contributed by atoms with Crippen LogP contribution >= 0.6 is 0 Å². The summed E-state index contributed by atoms with van der Waals surface area (Å²) < 4.78 is 0. The van der Waals surface area contributed by atoms with E-state index in [-0.39, 0.29) is 5.69 Å². The summed E-state index contributed by atoms with van der Waals surface area (Å²) in [6.45, 7) is 2.43. The van der Waals surface area contributed by atoms with Crippen LogP contribution in [0.4, 0.5) is 5.69 Å². The third-order valence-electron chi connectivity index (χ3n) is 3.23. The van der Waals surface area contributed by atoms with E-state index < -0.39 is 4.92 Å². The Kier molecular flexibility index (Phi) is 3.61. The second kappa shape index (κ2) is 5.72. The van der Waals surface area contributed by atoms with Gasteiger partial charge in [-0.05, 0) is 17.7 Å². The average molecular weight is 295 g/mol. The Morgan fingerprint density at radius 1 is 1.09 bits per heavy atom. The van der Waals surface area contributed by atoms with Gasteiger partial charge in [0.25, 0.3) is 5.69 Å². The zero-order valence-electron chi connectivity index (χ0n) is 11.9. The van der Waals surface area contributed by atoms with E-state index in [9.17, 15) is 10.1 Å². The van der Waals surface area contributed by atoms with Crippen LogP contribution in [0.25, 0.3) is 11.4 Å². The molecule has 0 saturated carbocycles. The van der Waals surface area contributed by atoms with Crippen LogP contribution in [0.3, 0.4) is 0 Å². The molecule has 0 N–H and O–H groups in total. The maximum Gasteiger partial charge on any atom is 0.269 e. The van der Waals surface area contributed by atoms with Crippen molar-refractivity contribution in [3.8, 4) is 11.4 Å². The van der Waals surface area contributed by atoms with Gasteiger partial charge in [0, 0.05) is 17.7 Å². The van der Waals surface area contributed by atoms with E-state index in [2.05, 4.69) is 15.4 Å².